The Hall–Kier alpha value is -5.10. The van der Waals surface area contributed by atoms with Crippen LogP contribution in [0.2, 0.25) is 0 Å². The van der Waals surface area contributed by atoms with E-state index in [2.05, 4.69) is 22.5 Å². The van der Waals surface area contributed by atoms with E-state index in [-0.39, 0.29) is 37.3 Å². The smallest absolute Gasteiger partial charge is 0.307 e. The molecule has 262 valence electrons. The number of nitrogens with one attached hydrogen (secondary N) is 3. The Balaban J connectivity index is 0.000000635. The van der Waals surface area contributed by atoms with Crippen LogP contribution in [0.15, 0.2) is 71.9 Å². The molecule has 0 radical (unpaired) electrons. The van der Waals surface area contributed by atoms with Crippen molar-refractivity contribution in [3.8, 4) is 0 Å². The number of anilines is 1. The second kappa shape index (κ2) is 21.0. The number of benzene rings is 2. The van der Waals surface area contributed by atoms with E-state index >= 15 is 0 Å². The number of unbranched alkanes of at least 4 members (excludes halogenated alkanes) is 4. The molecule has 2 aromatic carbocycles. The highest BCUT2D eigenvalue weighted by Gasteiger charge is 2.22. The second-order valence-electron chi connectivity index (χ2n) is 11.3. The first-order chi connectivity index (χ1) is 23.8. The zero-order valence-electron chi connectivity index (χ0n) is 29.0. The first kappa shape index (κ1) is 38.3. The number of nitrogens with zero attached hydrogens (tertiary/aromatic N) is 4. The molecule has 49 heavy (non-hydrogen) atoms. The van der Waals surface area contributed by atoms with Crippen molar-refractivity contribution < 1.29 is 23.9 Å². The maximum absolute atomic E-state index is 13.6. The summed E-state index contributed by atoms with van der Waals surface area (Å²) >= 11 is 0. The van der Waals surface area contributed by atoms with Crippen molar-refractivity contribution in [2.45, 2.75) is 65.3 Å². The molecule has 1 aromatic heterocycles. The third kappa shape index (κ3) is 12.1. The summed E-state index contributed by atoms with van der Waals surface area (Å²) in [5.74, 6) is 0.582. The van der Waals surface area contributed by atoms with E-state index in [0.717, 1.165) is 23.6 Å². The van der Waals surface area contributed by atoms with Gasteiger partial charge < -0.3 is 24.7 Å². The number of carbonyl (C=O) groups is 3. The summed E-state index contributed by atoms with van der Waals surface area (Å²) in [4.78, 5) is 46.9. The van der Waals surface area contributed by atoms with Gasteiger partial charge in [-0.1, -0.05) is 44.8 Å². The Morgan fingerprint density at radius 1 is 1.04 bits per heavy atom. The number of rotatable bonds is 16. The molecular formula is C37H49N7O5. The summed E-state index contributed by atoms with van der Waals surface area (Å²) in [7, 11) is 3.67. The number of amidine groups is 2. The summed E-state index contributed by atoms with van der Waals surface area (Å²) in [5, 5.41) is 13.4. The number of fused-ring (bicyclic) bond motifs is 1. The van der Waals surface area contributed by atoms with Gasteiger partial charge in [-0.05, 0) is 68.3 Å². The molecule has 1 aliphatic rings. The number of carbonyl (C=O) groups excluding carboxylic acids is 3. The van der Waals surface area contributed by atoms with Gasteiger partial charge in [-0.3, -0.25) is 24.7 Å². The van der Waals surface area contributed by atoms with Gasteiger partial charge in [0.05, 0.1) is 30.6 Å². The van der Waals surface area contributed by atoms with Crippen LogP contribution >= 0.6 is 0 Å². The molecule has 0 bridgehead atoms. The number of hydrogen-bond acceptors (Lipinski definition) is 9. The first-order valence-corrected chi connectivity index (χ1v) is 16.8. The molecular weight excluding hydrogens is 622 g/mol. The largest absolute Gasteiger partial charge is 0.466 e. The Bertz CT molecular complexity index is 1620. The molecule has 1 aliphatic heterocycles. The van der Waals surface area contributed by atoms with Gasteiger partial charge >= 0.3 is 5.97 Å². The number of imidazole rings is 1. The molecule has 12 nitrogen and oxygen atoms in total. The Morgan fingerprint density at radius 3 is 2.51 bits per heavy atom. The normalized spacial score (nSPS) is 12.0. The third-order valence-electron chi connectivity index (χ3n) is 7.72. The number of hydrogen-bond donors (Lipinski definition) is 3. The average molecular weight is 672 g/mol. The number of amides is 2. The molecule has 12 heteroatoms. The fourth-order valence-corrected chi connectivity index (χ4v) is 5.03. The number of aliphatic imine (C=N–C) groups is 1. The molecule has 4 rings (SSSR count). The number of esters is 1. The van der Waals surface area contributed by atoms with Crippen LogP contribution in [0.1, 0.15) is 80.5 Å². The Kier molecular flexibility index (Phi) is 16.4. The second-order valence-corrected chi connectivity index (χ2v) is 11.3. The van der Waals surface area contributed by atoms with Crippen LogP contribution in [0.4, 0.5) is 5.69 Å². The number of allylic oxidation sites excluding steroid dienone is 2. The van der Waals surface area contributed by atoms with E-state index in [1.165, 1.54) is 37.0 Å². The molecule has 3 N–H and O–H groups in total. The van der Waals surface area contributed by atoms with Gasteiger partial charge in [0, 0.05) is 50.3 Å². The predicted molar refractivity (Wildman–Crippen MR) is 194 cm³/mol. The molecule has 3 aromatic rings. The molecule has 0 atom stereocenters. The van der Waals surface area contributed by atoms with Crippen molar-refractivity contribution in [1.29, 1.82) is 5.41 Å². The van der Waals surface area contributed by atoms with Crippen LogP contribution in [-0.4, -0.2) is 71.3 Å². The first-order valence-electron chi connectivity index (χ1n) is 16.8. The highest BCUT2D eigenvalue weighted by molar-refractivity contribution is 6.11. The lowest BCUT2D eigenvalue weighted by atomic mass is 10.1. The van der Waals surface area contributed by atoms with Crippen LogP contribution in [0, 0.1) is 5.41 Å². The minimum absolute atomic E-state index is 0.0281. The van der Waals surface area contributed by atoms with E-state index < -0.39 is 0 Å². The quantitative estimate of drug-likeness (QED) is 0.0545. The van der Waals surface area contributed by atoms with Crippen molar-refractivity contribution in [3.63, 3.8) is 0 Å². The lowest BCUT2D eigenvalue weighted by Gasteiger charge is -2.22. The zero-order valence-corrected chi connectivity index (χ0v) is 29.0. The molecule has 2 heterocycles. The van der Waals surface area contributed by atoms with Gasteiger partial charge in [0.25, 0.3) is 5.91 Å². The minimum Gasteiger partial charge on any atom is -0.466 e. The lowest BCUT2D eigenvalue weighted by molar-refractivity contribution is -0.143. The van der Waals surface area contributed by atoms with Crippen LogP contribution in [0.25, 0.3) is 11.0 Å². The van der Waals surface area contributed by atoms with Crippen molar-refractivity contribution in [2.75, 3.05) is 32.2 Å². The Labute approximate surface area is 288 Å². The predicted octanol–water partition coefficient (Wildman–Crippen LogP) is 6.13. The van der Waals surface area contributed by atoms with Crippen molar-refractivity contribution >= 4 is 46.7 Å². The van der Waals surface area contributed by atoms with Gasteiger partial charge in [-0.2, -0.15) is 0 Å². The number of ether oxygens (including phenoxy) is 2. The van der Waals surface area contributed by atoms with Crippen LogP contribution in [0.5, 0.6) is 0 Å². The fraction of sp³-hybridized carbons (Fsp3) is 0.405. The van der Waals surface area contributed by atoms with Crippen molar-refractivity contribution in [1.82, 2.24) is 19.8 Å². The molecule has 0 saturated carbocycles. The fourth-order valence-electron chi connectivity index (χ4n) is 5.03. The van der Waals surface area contributed by atoms with Gasteiger partial charge in [0.2, 0.25) is 6.41 Å². The monoisotopic (exact) mass is 671 g/mol. The SMILES string of the molecule is CCCCCCCOC.CCOC(=O)CCN(C(=O)c1ccc2c(c1)nc(CNc1ccc(C(=N)NC=O)cc1)n2C)C1=NC=CCC=C1. The van der Waals surface area contributed by atoms with E-state index in [1.54, 1.807) is 50.6 Å². The minimum atomic E-state index is -0.378. The van der Waals surface area contributed by atoms with Crippen LogP contribution in [0.3, 0.4) is 0 Å². The third-order valence-corrected chi connectivity index (χ3v) is 7.72. The molecule has 0 spiro atoms. The highest BCUT2D eigenvalue weighted by atomic mass is 16.5. The van der Waals surface area contributed by atoms with Crippen molar-refractivity contribution in [2.24, 2.45) is 12.0 Å². The van der Waals surface area contributed by atoms with Gasteiger partial charge in [0.15, 0.2) is 0 Å². The maximum atomic E-state index is 13.6. The molecule has 0 saturated heterocycles. The average Bonchev–Trinajstić information content (AvgIpc) is 3.24. The standard InChI is InChI=1S/C29H31N7O4.C8H18O/c1-3-40-27(38)14-16-36(25-7-5-4-6-15-31-25)29(39)21-10-13-24-23(17-21)34-26(35(24)2)18-32-22-11-8-20(9-12-22)28(30)33-19-37;1-3-4-5-6-7-8-9-2/h5-13,15,17,19,32H,3-4,14,16,18H2,1-2H3,(H2,30,33,37);3-8H2,1-2H3. The topological polar surface area (TPSA) is 151 Å². The summed E-state index contributed by atoms with van der Waals surface area (Å²) in [6.45, 7) is 5.75. The Morgan fingerprint density at radius 2 is 1.80 bits per heavy atom. The summed E-state index contributed by atoms with van der Waals surface area (Å²) in [5.41, 5.74) is 3.38. The van der Waals surface area contributed by atoms with E-state index in [0.29, 0.717) is 41.9 Å². The molecule has 2 amide bonds. The molecule has 0 unspecified atom stereocenters. The van der Waals surface area contributed by atoms with E-state index in [9.17, 15) is 14.4 Å². The summed E-state index contributed by atoms with van der Waals surface area (Å²) in [6, 6.07) is 12.5. The van der Waals surface area contributed by atoms with Crippen molar-refractivity contribution in [3.05, 3.63) is 83.8 Å². The van der Waals surface area contributed by atoms with Gasteiger partial charge in [-0.15, -0.1) is 0 Å². The highest BCUT2D eigenvalue weighted by Crippen LogP contribution is 2.20. The number of aryl methyl sites for hydroxylation is 1. The molecule has 0 aliphatic carbocycles. The van der Waals surface area contributed by atoms with Gasteiger partial charge in [0.1, 0.15) is 17.5 Å². The lowest BCUT2D eigenvalue weighted by Crippen LogP contribution is -2.37. The number of aromatic nitrogens is 2. The van der Waals surface area contributed by atoms with E-state index in [1.807, 2.05) is 42.0 Å². The summed E-state index contributed by atoms with van der Waals surface area (Å²) in [6.07, 6.45) is 15.1. The summed E-state index contributed by atoms with van der Waals surface area (Å²) < 4.78 is 11.9. The van der Waals surface area contributed by atoms with Crippen LogP contribution in [-0.2, 0) is 32.7 Å². The zero-order chi connectivity index (χ0) is 35.4. The molecule has 0 fully saturated rings. The van der Waals surface area contributed by atoms with Gasteiger partial charge in [-0.25, -0.2) is 9.98 Å². The van der Waals surface area contributed by atoms with E-state index in [4.69, 9.17) is 19.9 Å². The number of methoxy groups -OCH3 is 1. The van der Waals surface area contributed by atoms with Crippen LogP contribution < -0.4 is 10.6 Å². The maximum Gasteiger partial charge on any atom is 0.307 e.